The molecule has 5 nitrogen and oxygen atoms in total. The first kappa shape index (κ1) is 15.7. The van der Waals surface area contributed by atoms with E-state index < -0.39 is 10.8 Å². The van der Waals surface area contributed by atoms with Gasteiger partial charge in [-0.1, -0.05) is 6.92 Å². The van der Waals surface area contributed by atoms with E-state index in [-0.39, 0.29) is 10.8 Å². The van der Waals surface area contributed by atoms with Crippen LogP contribution in [0.2, 0.25) is 0 Å². The third-order valence-corrected chi connectivity index (χ3v) is 5.68. The summed E-state index contributed by atoms with van der Waals surface area (Å²) in [5, 5.41) is 7.53. The highest BCUT2D eigenvalue weighted by molar-refractivity contribution is 9.10. The summed E-state index contributed by atoms with van der Waals surface area (Å²) >= 11 is 3.34. The van der Waals surface area contributed by atoms with Crippen LogP contribution in [0.4, 0.5) is 5.69 Å². The van der Waals surface area contributed by atoms with Crippen molar-refractivity contribution in [2.24, 2.45) is 5.92 Å². The molecular weight excluding hydrogens is 342 g/mol. The molecule has 0 aromatic carbocycles. The van der Waals surface area contributed by atoms with Gasteiger partial charge in [0, 0.05) is 35.4 Å². The van der Waals surface area contributed by atoms with E-state index in [1.54, 1.807) is 12.5 Å². The molecule has 7 heteroatoms. The lowest BCUT2D eigenvalue weighted by atomic mass is 10.3. The summed E-state index contributed by atoms with van der Waals surface area (Å²) in [6.07, 6.45) is 6.57. The van der Waals surface area contributed by atoms with Crippen molar-refractivity contribution >= 4 is 32.4 Å². The van der Waals surface area contributed by atoms with Gasteiger partial charge in [0.05, 0.1) is 11.9 Å². The van der Waals surface area contributed by atoms with Gasteiger partial charge in [0.2, 0.25) is 0 Å². The topological polar surface area (TPSA) is 64.0 Å². The van der Waals surface area contributed by atoms with E-state index in [4.69, 9.17) is 0 Å². The Bertz CT molecular complexity index is 557. The molecule has 1 aliphatic carbocycles. The lowest BCUT2D eigenvalue weighted by Crippen LogP contribution is -2.25. The zero-order valence-electron chi connectivity index (χ0n) is 11.8. The molecule has 0 aliphatic heterocycles. The molecule has 0 radical (unpaired) electrons. The predicted molar refractivity (Wildman–Crippen MR) is 85.6 cm³/mol. The van der Waals surface area contributed by atoms with Gasteiger partial charge in [0.25, 0.3) is 5.56 Å². The molecule has 1 N–H and O–H groups in total. The number of hydrogen-bond acceptors (Lipinski definition) is 4. The first-order valence-corrected chi connectivity index (χ1v) is 9.22. The Kier molecular flexibility index (Phi) is 5.37. The van der Waals surface area contributed by atoms with E-state index in [0.29, 0.717) is 29.2 Å². The fourth-order valence-corrected chi connectivity index (χ4v) is 2.74. The largest absolute Gasteiger partial charge is 0.383 e. The van der Waals surface area contributed by atoms with Gasteiger partial charge in [-0.15, -0.1) is 0 Å². The summed E-state index contributed by atoms with van der Waals surface area (Å²) in [4.78, 5) is 12.1. The summed E-state index contributed by atoms with van der Waals surface area (Å²) in [6.45, 7) is 3.34. The first-order valence-electron chi connectivity index (χ1n) is 6.80. The Balaban J connectivity index is 1.96. The van der Waals surface area contributed by atoms with Crippen molar-refractivity contribution in [2.45, 2.75) is 38.0 Å². The summed E-state index contributed by atoms with van der Waals surface area (Å²) in [6, 6.07) is 0. The summed E-state index contributed by atoms with van der Waals surface area (Å²) in [7, 11) is -0.815. The summed E-state index contributed by atoms with van der Waals surface area (Å²) in [5.74, 6) is 0.617. The molecule has 2 unspecified atom stereocenters. The van der Waals surface area contributed by atoms with Crippen LogP contribution in [0, 0.1) is 5.92 Å². The highest BCUT2D eigenvalue weighted by Gasteiger charge is 2.23. The second-order valence-corrected chi connectivity index (χ2v) is 7.92. The second kappa shape index (κ2) is 6.85. The van der Waals surface area contributed by atoms with Crippen LogP contribution < -0.4 is 10.9 Å². The van der Waals surface area contributed by atoms with Gasteiger partial charge in [0.1, 0.15) is 4.47 Å². The van der Waals surface area contributed by atoms with Crippen LogP contribution >= 0.6 is 15.9 Å². The lowest BCUT2D eigenvalue weighted by Gasteiger charge is -2.12. The van der Waals surface area contributed by atoms with Crippen molar-refractivity contribution in [3.8, 4) is 0 Å². The second-order valence-electron chi connectivity index (χ2n) is 5.33. The quantitative estimate of drug-likeness (QED) is 0.806. The molecule has 0 amide bonds. The van der Waals surface area contributed by atoms with Crippen LogP contribution in [0.5, 0.6) is 0 Å². The van der Waals surface area contributed by atoms with E-state index in [2.05, 4.69) is 26.3 Å². The SMILES string of the molecule is CC(CCNc1cnn(CC2CC2)c(=O)c1Br)S(C)=O. The number of nitrogens with zero attached hydrogens (tertiary/aromatic N) is 2. The number of hydrogen-bond donors (Lipinski definition) is 1. The molecule has 0 bridgehead atoms. The van der Waals surface area contributed by atoms with Gasteiger partial charge in [-0.05, 0) is 41.1 Å². The number of halogens is 1. The van der Waals surface area contributed by atoms with Crippen LogP contribution in [0.15, 0.2) is 15.5 Å². The van der Waals surface area contributed by atoms with Gasteiger partial charge in [-0.3, -0.25) is 9.00 Å². The Morgan fingerprint density at radius 1 is 1.60 bits per heavy atom. The Morgan fingerprint density at radius 2 is 2.30 bits per heavy atom. The zero-order chi connectivity index (χ0) is 14.7. The average molecular weight is 362 g/mol. The number of rotatable bonds is 7. The minimum Gasteiger partial charge on any atom is -0.383 e. The van der Waals surface area contributed by atoms with E-state index in [1.165, 1.54) is 17.5 Å². The van der Waals surface area contributed by atoms with E-state index in [9.17, 15) is 9.00 Å². The van der Waals surface area contributed by atoms with Crippen LogP contribution in [0.25, 0.3) is 0 Å². The fourth-order valence-electron chi connectivity index (χ4n) is 1.84. The molecule has 1 fully saturated rings. The molecule has 2 rings (SSSR count). The molecule has 1 aliphatic rings. The number of nitrogens with one attached hydrogen (secondary N) is 1. The summed E-state index contributed by atoms with van der Waals surface area (Å²) < 4.78 is 13.3. The third kappa shape index (κ3) is 4.15. The lowest BCUT2D eigenvalue weighted by molar-refractivity contribution is 0.532. The minimum absolute atomic E-state index is 0.0889. The Labute approximate surface area is 129 Å². The molecule has 1 aromatic rings. The van der Waals surface area contributed by atoms with E-state index in [0.717, 1.165) is 6.42 Å². The van der Waals surface area contributed by atoms with Gasteiger partial charge < -0.3 is 5.32 Å². The number of aromatic nitrogens is 2. The van der Waals surface area contributed by atoms with Crippen molar-refractivity contribution in [3.05, 3.63) is 21.0 Å². The monoisotopic (exact) mass is 361 g/mol. The maximum absolute atomic E-state index is 12.1. The van der Waals surface area contributed by atoms with Crippen LogP contribution in [0.1, 0.15) is 26.2 Å². The fraction of sp³-hybridized carbons (Fsp3) is 0.692. The summed E-state index contributed by atoms with van der Waals surface area (Å²) in [5.41, 5.74) is 0.616. The zero-order valence-corrected chi connectivity index (χ0v) is 14.2. The van der Waals surface area contributed by atoms with E-state index in [1.807, 2.05) is 6.92 Å². The van der Waals surface area contributed by atoms with Gasteiger partial charge in [-0.2, -0.15) is 5.10 Å². The normalized spacial score (nSPS) is 17.8. The maximum Gasteiger partial charge on any atom is 0.283 e. The van der Waals surface area contributed by atoms with Crippen molar-refractivity contribution in [1.29, 1.82) is 0 Å². The van der Waals surface area contributed by atoms with Gasteiger partial charge in [0.15, 0.2) is 0 Å². The molecule has 1 heterocycles. The predicted octanol–water partition coefficient (Wildman–Crippen LogP) is 1.98. The van der Waals surface area contributed by atoms with Crippen molar-refractivity contribution in [3.63, 3.8) is 0 Å². The van der Waals surface area contributed by atoms with E-state index >= 15 is 0 Å². The molecule has 2 atom stereocenters. The van der Waals surface area contributed by atoms with Gasteiger partial charge >= 0.3 is 0 Å². The average Bonchev–Trinajstić information content (AvgIpc) is 3.21. The molecular formula is C13H20BrN3O2S. The molecule has 112 valence electrons. The molecule has 0 spiro atoms. The smallest absolute Gasteiger partial charge is 0.283 e. The molecule has 20 heavy (non-hydrogen) atoms. The van der Waals surface area contributed by atoms with Crippen LogP contribution in [-0.4, -0.2) is 32.0 Å². The highest BCUT2D eigenvalue weighted by Crippen LogP contribution is 2.30. The maximum atomic E-state index is 12.1. The first-order chi connectivity index (χ1) is 9.49. The third-order valence-electron chi connectivity index (χ3n) is 3.55. The Morgan fingerprint density at radius 3 is 2.90 bits per heavy atom. The molecule has 0 saturated heterocycles. The van der Waals surface area contributed by atoms with Crippen LogP contribution in [-0.2, 0) is 17.3 Å². The standard InChI is InChI=1S/C13H20BrN3O2S/c1-9(20(2)19)5-6-15-11-7-16-17(8-10-3-4-10)13(18)12(11)14/h7,9-10,15H,3-6,8H2,1-2H3. The van der Waals surface area contributed by atoms with Crippen molar-refractivity contribution < 1.29 is 4.21 Å². The van der Waals surface area contributed by atoms with Crippen molar-refractivity contribution in [1.82, 2.24) is 9.78 Å². The minimum atomic E-state index is -0.815. The van der Waals surface area contributed by atoms with Gasteiger partial charge in [-0.25, -0.2) is 4.68 Å². The highest BCUT2D eigenvalue weighted by atomic mass is 79.9. The Hall–Kier alpha value is -0.690. The van der Waals surface area contributed by atoms with Crippen LogP contribution in [0.3, 0.4) is 0 Å². The number of anilines is 1. The van der Waals surface area contributed by atoms with Crippen molar-refractivity contribution in [2.75, 3.05) is 18.1 Å². The molecule has 1 saturated carbocycles. The molecule has 1 aromatic heterocycles.